The van der Waals surface area contributed by atoms with Gasteiger partial charge >= 0.3 is 0 Å². The van der Waals surface area contributed by atoms with Gasteiger partial charge in [0.05, 0.1) is 13.2 Å². The molecule has 0 radical (unpaired) electrons. The third kappa shape index (κ3) is 4.56. The Bertz CT molecular complexity index is 350. The number of aliphatic carboxylic acids is 1. The van der Waals surface area contributed by atoms with Crippen LogP contribution in [0.4, 0.5) is 0 Å². The molecule has 5 nitrogen and oxygen atoms in total. The first-order valence-electron chi connectivity index (χ1n) is 4.81. The van der Waals surface area contributed by atoms with Crippen molar-refractivity contribution in [3.05, 3.63) is 35.9 Å². The van der Waals surface area contributed by atoms with Crippen molar-refractivity contribution in [2.24, 2.45) is 0 Å². The van der Waals surface area contributed by atoms with E-state index in [0.29, 0.717) is 6.61 Å². The molecule has 0 aromatic heterocycles. The summed E-state index contributed by atoms with van der Waals surface area (Å²) in [7, 11) is 0. The van der Waals surface area contributed by atoms with E-state index in [1.54, 1.807) is 0 Å². The summed E-state index contributed by atoms with van der Waals surface area (Å²) >= 11 is 0. The zero-order valence-electron chi connectivity index (χ0n) is 8.64. The second-order valence-electron chi connectivity index (χ2n) is 3.08. The molecule has 0 heterocycles. The van der Waals surface area contributed by atoms with Gasteiger partial charge in [0, 0.05) is 6.54 Å². The summed E-state index contributed by atoms with van der Waals surface area (Å²) in [5.74, 6) is -2.86. The van der Waals surface area contributed by atoms with Crippen LogP contribution in [0.2, 0.25) is 0 Å². The first-order chi connectivity index (χ1) is 7.70. The molecule has 16 heavy (non-hydrogen) atoms. The molecular formula is C11H12NO4-. The maximum atomic E-state index is 10.5. The fourth-order valence-electron chi connectivity index (χ4n) is 1.07. The van der Waals surface area contributed by atoms with Crippen molar-refractivity contribution in [2.75, 3.05) is 13.2 Å². The number of carbonyl (C=O) groups excluding carboxylic acids is 2. The highest BCUT2D eigenvalue weighted by Gasteiger charge is 1.99. The SMILES string of the molecule is O=C([O-])C(=O)NCCOCc1ccccc1. The van der Waals surface area contributed by atoms with Crippen LogP contribution < -0.4 is 10.4 Å². The van der Waals surface area contributed by atoms with E-state index in [9.17, 15) is 14.7 Å². The second-order valence-corrected chi connectivity index (χ2v) is 3.08. The van der Waals surface area contributed by atoms with Gasteiger partial charge in [-0.15, -0.1) is 0 Å². The minimum absolute atomic E-state index is 0.152. The number of carboxylic acid groups (broad SMARTS) is 1. The molecule has 86 valence electrons. The van der Waals surface area contributed by atoms with Gasteiger partial charge in [-0.25, -0.2) is 0 Å². The number of hydrogen-bond donors (Lipinski definition) is 1. The summed E-state index contributed by atoms with van der Waals surface area (Å²) in [4.78, 5) is 20.6. The van der Waals surface area contributed by atoms with Gasteiger partial charge in [-0.1, -0.05) is 30.3 Å². The predicted molar refractivity (Wildman–Crippen MR) is 54.1 cm³/mol. The molecule has 1 aromatic rings. The zero-order valence-corrected chi connectivity index (χ0v) is 8.64. The number of amides is 1. The van der Waals surface area contributed by atoms with E-state index >= 15 is 0 Å². The summed E-state index contributed by atoms with van der Waals surface area (Å²) in [5.41, 5.74) is 1.02. The van der Waals surface area contributed by atoms with Crippen LogP contribution in [0.15, 0.2) is 30.3 Å². The molecule has 0 fully saturated rings. The molecule has 1 N–H and O–H groups in total. The van der Waals surface area contributed by atoms with Crippen LogP contribution in [-0.2, 0) is 20.9 Å². The van der Waals surface area contributed by atoms with Crippen LogP contribution in [0.25, 0.3) is 0 Å². The van der Waals surface area contributed by atoms with E-state index in [1.807, 2.05) is 30.3 Å². The Morgan fingerprint density at radius 2 is 1.94 bits per heavy atom. The van der Waals surface area contributed by atoms with E-state index < -0.39 is 11.9 Å². The molecule has 0 spiro atoms. The van der Waals surface area contributed by atoms with E-state index in [1.165, 1.54) is 0 Å². The topological polar surface area (TPSA) is 78.5 Å². The average molecular weight is 222 g/mol. The van der Waals surface area contributed by atoms with Crippen LogP contribution in [0, 0.1) is 0 Å². The third-order valence-corrected chi connectivity index (χ3v) is 1.83. The van der Waals surface area contributed by atoms with E-state index in [-0.39, 0.29) is 13.2 Å². The standard InChI is InChI=1S/C11H13NO4/c13-10(11(14)15)12-6-7-16-8-9-4-2-1-3-5-9/h1-5H,6-8H2,(H,12,13)(H,14,15)/p-1. The van der Waals surface area contributed by atoms with Crippen LogP contribution in [0.5, 0.6) is 0 Å². The summed E-state index contributed by atoms with van der Waals surface area (Å²) in [6.45, 7) is 0.843. The van der Waals surface area contributed by atoms with E-state index in [2.05, 4.69) is 5.32 Å². The van der Waals surface area contributed by atoms with Gasteiger partial charge in [-0.2, -0.15) is 0 Å². The van der Waals surface area contributed by atoms with Crippen LogP contribution in [0.1, 0.15) is 5.56 Å². The molecule has 0 aliphatic heterocycles. The molecule has 5 heteroatoms. The molecule has 0 saturated carbocycles. The Kier molecular flexibility index (Phi) is 5.01. The van der Waals surface area contributed by atoms with Crippen molar-refractivity contribution >= 4 is 11.9 Å². The average Bonchev–Trinajstić information content (AvgIpc) is 2.29. The maximum absolute atomic E-state index is 10.5. The van der Waals surface area contributed by atoms with Crippen molar-refractivity contribution in [3.63, 3.8) is 0 Å². The lowest BCUT2D eigenvalue weighted by Crippen LogP contribution is -2.42. The Hall–Kier alpha value is -1.88. The molecule has 1 amide bonds. The molecule has 0 saturated heterocycles. The molecule has 0 aliphatic rings. The predicted octanol–water partition coefficient (Wildman–Crippen LogP) is -0.931. The summed E-state index contributed by atoms with van der Waals surface area (Å²) in [6.07, 6.45) is 0. The maximum Gasteiger partial charge on any atom is 0.267 e. The zero-order chi connectivity index (χ0) is 11.8. The van der Waals surface area contributed by atoms with Crippen LogP contribution >= 0.6 is 0 Å². The van der Waals surface area contributed by atoms with Crippen molar-refractivity contribution in [1.82, 2.24) is 5.32 Å². The molecule has 1 aromatic carbocycles. The normalized spacial score (nSPS) is 9.75. The second kappa shape index (κ2) is 6.58. The number of rotatable bonds is 5. The van der Waals surface area contributed by atoms with Gasteiger partial charge in [-0.3, -0.25) is 4.79 Å². The lowest BCUT2D eigenvalue weighted by molar-refractivity contribution is -0.300. The molecular weight excluding hydrogens is 210 g/mol. The van der Waals surface area contributed by atoms with Gasteiger partial charge in [0.1, 0.15) is 5.97 Å². The van der Waals surface area contributed by atoms with E-state index in [0.717, 1.165) is 5.56 Å². The summed E-state index contributed by atoms with van der Waals surface area (Å²) in [6, 6.07) is 9.54. The van der Waals surface area contributed by atoms with Crippen LogP contribution in [0.3, 0.4) is 0 Å². The van der Waals surface area contributed by atoms with Gasteiger partial charge in [-0.05, 0) is 5.56 Å². The molecule has 0 atom stereocenters. The fraction of sp³-hybridized carbons (Fsp3) is 0.273. The Labute approximate surface area is 93.0 Å². The quantitative estimate of drug-likeness (QED) is 0.515. The van der Waals surface area contributed by atoms with Crippen molar-refractivity contribution in [3.8, 4) is 0 Å². The number of ether oxygens (including phenoxy) is 1. The Morgan fingerprint density at radius 3 is 2.56 bits per heavy atom. The minimum atomic E-state index is -1.73. The van der Waals surface area contributed by atoms with Crippen molar-refractivity contribution in [1.29, 1.82) is 0 Å². The van der Waals surface area contributed by atoms with Gasteiger partial charge in [0.2, 0.25) is 0 Å². The molecule has 0 bridgehead atoms. The smallest absolute Gasteiger partial charge is 0.267 e. The van der Waals surface area contributed by atoms with Gasteiger partial charge in [0.15, 0.2) is 0 Å². The van der Waals surface area contributed by atoms with Gasteiger partial charge in [0.25, 0.3) is 5.91 Å². The van der Waals surface area contributed by atoms with Crippen LogP contribution in [-0.4, -0.2) is 25.0 Å². The molecule has 0 aliphatic carbocycles. The highest BCUT2D eigenvalue weighted by molar-refractivity contribution is 6.30. The Balaban J connectivity index is 2.09. The van der Waals surface area contributed by atoms with Gasteiger partial charge < -0.3 is 20.0 Å². The Morgan fingerprint density at radius 1 is 1.25 bits per heavy atom. The van der Waals surface area contributed by atoms with Crippen molar-refractivity contribution in [2.45, 2.75) is 6.61 Å². The highest BCUT2D eigenvalue weighted by Crippen LogP contribution is 1.99. The lowest BCUT2D eigenvalue weighted by atomic mass is 10.2. The number of benzene rings is 1. The third-order valence-electron chi connectivity index (χ3n) is 1.83. The number of nitrogens with one attached hydrogen (secondary N) is 1. The number of carboxylic acids is 1. The monoisotopic (exact) mass is 222 g/mol. The largest absolute Gasteiger partial charge is 0.540 e. The number of carbonyl (C=O) groups is 2. The summed E-state index contributed by atoms with van der Waals surface area (Å²) < 4.78 is 5.22. The summed E-state index contributed by atoms with van der Waals surface area (Å²) in [5, 5.41) is 12.2. The first kappa shape index (κ1) is 12.2. The fourth-order valence-corrected chi connectivity index (χ4v) is 1.07. The first-order valence-corrected chi connectivity index (χ1v) is 4.81. The number of hydrogen-bond acceptors (Lipinski definition) is 4. The minimum Gasteiger partial charge on any atom is -0.540 e. The molecule has 0 unspecified atom stereocenters. The highest BCUT2D eigenvalue weighted by atomic mass is 16.5. The van der Waals surface area contributed by atoms with E-state index in [4.69, 9.17) is 4.74 Å². The molecule has 1 rings (SSSR count). The lowest BCUT2D eigenvalue weighted by Gasteiger charge is -2.06. The van der Waals surface area contributed by atoms with Crippen molar-refractivity contribution < 1.29 is 19.4 Å².